The van der Waals surface area contributed by atoms with E-state index in [1.54, 1.807) is 0 Å². The van der Waals surface area contributed by atoms with Gasteiger partial charge in [-0.1, -0.05) is 12.2 Å². The lowest BCUT2D eigenvalue weighted by atomic mass is 9.73. The van der Waals surface area contributed by atoms with Crippen LogP contribution in [0.2, 0.25) is 0 Å². The van der Waals surface area contributed by atoms with E-state index >= 15 is 0 Å². The highest BCUT2D eigenvalue weighted by Crippen LogP contribution is 2.35. The summed E-state index contributed by atoms with van der Waals surface area (Å²) >= 11 is 0. The molecule has 2 heteroatoms. The lowest BCUT2D eigenvalue weighted by Gasteiger charge is -2.30. The molecule has 0 unspecified atom stereocenters. The predicted octanol–water partition coefficient (Wildman–Crippen LogP) is 1.86. The predicted molar refractivity (Wildman–Crippen MR) is 47.3 cm³/mol. The molecule has 0 fully saturated rings. The third-order valence-corrected chi connectivity index (χ3v) is 2.61. The van der Waals surface area contributed by atoms with Crippen molar-refractivity contribution in [2.75, 3.05) is 0 Å². The zero-order valence-electron chi connectivity index (χ0n) is 7.62. The van der Waals surface area contributed by atoms with Gasteiger partial charge >= 0.3 is 0 Å². The molecule has 0 amide bonds. The summed E-state index contributed by atoms with van der Waals surface area (Å²) in [6.07, 6.45) is 5.06. The van der Waals surface area contributed by atoms with Crippen molar-refractivity contribution >= 4 is 0 Å². The molecule has 0 saturated carbocycles. The van der Waals surface area contributed by atoms with Gasteiger partial charge in [0.2, 0.25) is 0 Å². The van der Waals surface area contributed by atoms with Crippen LogP contribution in [-0.4, -0.2) is 11.2 Å². The number of aliphatic hydroxyl groups is 1. The average molecular weight is 165 g/mol. The molecule has 1 N–H and O–H groups in total. The summed E-state index contributed by atoms with van der Waals surface area (Å²) in [5, 5.41) is 18.2. The lowest BCUT2D eigenvalue weighted by molar-refractivity contribution is 0.141. The topological polar surface area (TPSA) is 44.0 Å². The highest BCUT2D eigenvalue weighted by atomic mass is 16.3. The van der Waals surface area contributed by atoms with Crippen LogP contribution in [0.1, 0.15) is 26.7 Å². The highest BCUT2D eigenvalue weighted by Gasteiger charge is 2.31. The minimum atomic E-state index is -0.351. The molecule has 0 aromatic carbocycles. The Morgan fingerprint density at radius 1 is 1.58 bits per heavy atom. The number of allylic oxidation sites excluding steroid dienone is 1. The van der Waals surface area contributed by atoms with E-state index in [1.807, 2.05) is 26.0 Å². The van der Waals surface area contributed by atoms with Gasteiger partial charge in [0.1, 0.15) is 0 Å². The van der Waals surface area contributed by atoms with E-state index in [0.29, 0.717) is 5.92 Å². The molecule has 0 bridgehead atoms. The van der Waals surface area contributed by atoms with Crippen molar-refractivity contribution in [3.63, 3.8) is 0 Å². The molecule has 0 saturated heterocycles. The SMILES string of the molecule is CC(C)(C#N)[C@H]1CC=C[C@@H](O)C1. The number of rotatable bonds is 1. The second-order valence-electron chi connectivity index (χ2n) is 4.00. The number of nitriles is 1. The van der Waals surface area contributed by atoms with Crippen LogP contribution in [0.4, 0.5) is 0 Å². The van der Waals surface area contributed by atoms with Gasteiger partial charge in [0.05, 0.1) is 17.6 Å². The molecule has 12 heavy (non-hydrogen) atoms. The fourth-order valence-electron chi connectivity index (χ4n) is 1.55. The zero-order valence-corrected chi connectivity index (χ0v) is 7.62. The zero-order chi connectivity index (χ0) is 9.19. The minimum Gasteiger partial charge on any atom is -0.389 e. The van der Waals surface area contributed by atoms with Gasteiger partial charge in [-0.15, -0.1) is 0 Å². The van der Waals surface area contributed by atoms with Crippen LogP contribution in [-0.2, 0) is 0 Å². The largest absolute Gasteiger partial charge is 0.389 e. The van der Waals surface area contributed by atoms with Gasteiger partial charge in [0.25, 0.3) is 0 Å². The normalized spacial score (nSPS) is 29.8. The molecule has 1 aliphatic carbocycles. The first-order valence-electron chi connectivity index (χ1n) is 4.32. The third-order valence-electron chi connectivity index (χ3n) is 2.61. The number of hydrogen-bond donors (Lipinski definition) is 1. The van der Waals surface area contributed by atoms with Crippen LogP contribution in [0.3, 0.4) is 0 Å². The Bertz CT molecular complexity index is 224. The molecule has 1 aliphatic rings. The molecule has 66 valence electrons. The van der Waals surface area contributed by atoms with E-state index in [4.69, 9.17) is 5.26 Å². The van der Waals surface area contributed by atoms with E-state index in [0.717, 1.165) is 12.8 Å². The molecule has 0 aromatic rings. The van der Waals surface area contributed by atoms with E-state index in [9.17, 15) is 5.11 Å². The molecule has 0 spiro atoms. The summed E-state index contributed by atoms with van der Waals surface area (Å²) in [6.45, 7) is 3.87. The summed E-state index contributed by atoms with van der Waals surface area (Å²) in [5.41, 5.74) is -0.314. The van der Waals surface area contributed by atoms with E-state index in [-0.39, 0.29) is 11.5 Å². The first-order valence-corrected chi connectivity index (χ1v) is 4.32. The first-order chi connectivity index (χ1) is 5.56. The number of nitrogens with zero attached hydrogens (tertiary/aromatic N) is 1. The fourth-order valence-corrected chi connectivity index (χ4v) is 1.55. The van der Waals surface area contributed by atoms with Crippen molar-refractivity contribution in [1.29, 1.82) is 5.26 Å². The van der Waals surface area contributed by atoms with Gasteiger partial charge in [-0.2, -0.15) is 5.26 Å². The van der Waals surface area contributed by atoms with Gasteiger partial charge < -0.3 is 5.11 Å². The highest BCUT2D eigenvalue weighted by molar-refractivity contribution is 5.05. The lowest BCUT2D eigenvalue weighted by Crippen LogP contribution is -2.27. The second-order valence-corrected chi connectivity index (χ2v) is 4.00. The molecule has 0 radical (unpaired) electrons. The summed E-state index contributed by atoms with van der Waals surface area (Å²) < 4.78 is 0. The van der Waals surface area contributed by atoms with Gasteiger partial charge in [-0.25, -0.2) is 0 Å². The summed E-state index contributed by atoms with van der Waals surface area (Å²) in [7, 11) is 0. The summed E-state index contributed by atoms with van der Waals surface area (Å²) in [6, 6.07) is 2.29. The summed E-state index contributed by atoms with van der Waals surface area (Å²) in [4.78, 5) is 0. The van der Waals surface area contributed by atoms with E-state index < -0.39 is 0 Å². The Morgan fingerprint density at radius 3 is 2.75 bits per heavy atom. The van der Waals surface area contributed by atoms with Crippen LogP contribution in [0, 0.1) is 22.7 Å². The van der Waals surface area contributed by atoms with E-state index in [1.165, 1.54) is 0 Å². The smallest absolute Gasteiger partial charge is 0.0724 e. The second kappa shape index (κ2) is 3.28. The molecular weight excluding hydrogens is 150 g/mol. The van der Waals surface area contributed by atoms with Gasteiger partial charge in [0.15, 0.2) is 0 Å². The van der Waals surface area contributed by atoms with Gasteiger partial charge in [0, 0.05) is 0 Å². The van der Waals surface area contributed by atoms with E-state index in [2.05, 4.69) is 6.07 Å². The maximum Gasteiger partial charge on any atom is 0.0724 e. The monoisotopic (exact) mass is 165 g/mol. The Kier molecular flexibility index (Phi) is 2.54. The molecule has 0 aromatic heterocycles. The number of hydrogen-bond acceptors (Lipinski definition) is 2. The first kappa shape index (κ1) is 9.28. The maximum atomic E-state index is 9.34. The van der Waals surface area contributed by atoms with Crippen molar-refractivity contribution in [3.8, 4) is 6.07 Å². The fraction of sp³-hybridized carbons (Fsp3) is 0.700. The standard InChI is InChI=1S/C10H15NO/c1-10(2,7-11)8-4-3-5-9(12)6-8/h3,5,8-9,12H,4,6H2,1-2H3/t8-,9+/m0/s1. The maximum absolute atomic E-state index is 9.34. The van der Waals surface area contributed by atoms with Gasteiger partial charge in [-0.05, 0) is 32.6 Å². The molecule has 1 rings (SSSR count). The van der Waals surface area contributed by atoms with Crippen LogP contribution in [0.15, 0.2) is 12.2 Å². The average Bonchev–Trinajstić information content (AvgIpc) is 2.05. The Balaban J connectivity index is 2.67. The van der Waals surface area contributed by atoms with Crippen molar-refractivity contribution < 1.29 is 5.11 Å². The van der Waals surface area contributed by atoms with Gasteiger partial charge in [-0.3, -0.25) is 0 Å². The number of aliphatic hydroxyl groups excluding tert-OH is 1. The Labute approximate surface area is 73.5 Å². The molecular formula is C10H15NO. The third kappa shape index (κ3) is 1.86. The van der Waals surface area contributed by atoms with Crippen molar-refractivity contribution in [1.82, 2.24) is 0 Å². The summed E-state index contributed by atoms with van der Waals surface area (Å²) in [5.74, 6) is 0.294. The Hall–Kier alpha value is -0.810. The minimum absolute atomic E-state index is 0.294. The Morgan fingerprint density at radius 2 is 2.25 bits per heavy atom. The van der Waals surface area contributed by atoms with Crippen LogP contribution < -0.4 is 0 Å². The van der Waals surface area contributed by atoms with Crippen molar-refractivity contribution in [2.45, 2.75) is 32.8 Å². The molecule has 2 nitrogen and oxygen atoms in total. The van der Waals surface area contributed by atoms with Crippen LogP contribution >= 0.6 is 0 Å². The van der Waals surface area contributed by atoms with Crippen molar-refractivity contribution in [3.05, 3.63) is 12.2 Å². The quantitative estimate of drug-likeness (QED) is 0.603. The molecule has 0 heterocycles. The van der Waals surface area contributed by atoms with Crippen LogP contribution in [0.5, 0.6) is 0 Å². The molecule has 2 atom stereocenters. The van der Waals surface area contributed by atoms with Crippen LogP contribution in [0.25, 0.3) is 0 Å². The molecule has 0 aliphatic heterocycles. The van der Waals surface area contributed by atoms with Crippen molar-refractivity contribution in [2.24, 2.45) is 11.3 Å².